The molecular formula is C16H26N4O2. The molecule has 0 bridgehead atoms. The number of nitrogens with zero attached hydrogens (tertiary/aromatic N) is 3. The molecule has 6 heteroatoms. The first-order chi connectivity index (χ1) is 10.5. The Morgan fingerprint density at radius 2 is 2.18 bits per heavy atom. The normalized spacial score (nSPS) is 25.6. The number of aliphatic hydroxyl groups is 1. The largest absolute Gasteiger partial charge is 0.388 e. The fourth-order valence-electron chi connectivity index (χ4n) is 3.79. The molecule has 3 rings (SSSR count). The molecule has 2 fully saturated rings. The van der Waals surface area contributed by atoms with E-state index in [2.05, 4.69) is 22.0 Å². The van der Waals surface area contributed by atoms with Crippen molar-refractivity contribution in [1.82, 2.24) is 20.0 Å². The first-order valence-corrected chi connectivity index (χ1v) is 8.17. The highest BCUT2D eigenvalue weighted by molar-refractivity contribution is 5.73. The monoisotopic (exact) mass is 306 g/mol. The molecule has 0 unspecified atom stereocenters. The molecule has 1 atom stereocenters. The van der Waals surface area contributed by atoms with Crippen LogP contribution in [0, 0.1) is 6.92 Å². The third-order valence-corrected chi connectivity index (χ3v) is 5.21. The number of aromatic nitrogens is 2. The van der Waals surface area contributed by atoms with Crippen LogP contribution in [0.5, 0.6) is 0 Å². The number of amides is 1. The van der Waals surface area contributed by atoms with Crippen molar-refractivity contribution in [3.63, 3.8) is 0 Å². The smallest absolute Gasteiger partial charge is 0.219 e. The van der Waals surface area contributed by atoms with Gasteiger partial charge in [0, 0.05) is 44.7 Å². The number of H-pyrrole nitrogens is 1. The summed E-state index contributed by atoms with van der Waals surface area (Å²) in [6.45, 7) is 7.73. The number of rotatable bonds is 3. The van der Waals surface area contributed by atoms with Gasteiger partial charge < -0.3 is 10.0 Å². The highest BCUT2D eigenvalue weighted by Crippen LogP contribution is 2.31. The van der Waals surface area contributed by atoms with E-state index >= 15 is 0 Å². The molecule has 22 heavy (non-hydrogen) atoms. The Labute approximate surface area is 131 Å². The van der Waals surface area contributed by atoms with Crippen LogP contribution in [0.4, 0.5) is 0 Å². The predicted octanol–water partition coefficient (Wildman–Crippen LogP) is 0.881. The van der Waals surface area contributed by atoms with Gasteiger partial charge in [0.15, 0.2) is 0 Å². The topological polar surface area (TPSA) is 72.5 Å². The molecule has 1 aromatic heterocycles. The van der Waals surface area contributed by atoms with Gasteiger partial charge in [0.25, 0.3) is 0 Å². The maximum Gasteiger partial charge on any atom is 0.219 e. The lowest BCUT2D eigenvalue weighted by atomic mass is 9.91. The zero-order valence-corrected chi connectivity index (χ0v) is 13.5. The summed E-state index contributed by atoms with van der Waals surface area (Å²) in [5.41, 5.74) is 1.81. The summed E-state index contributed by atoms with van der Waals surface area (Å²) in [5, 5.41) is 18.0. The van der Waals surface area contributed by atoms with Crippen LogP contribution in [0.15, 0.2) is 6.20 Å². The van der Waals surface area contributed by atoms with Crippen LogP contribution in [0.25, 0.3) is 0 Å². The quantitative estimate of drug-likeness (QED) is 0.869. The fraction of sp³-hybridized carbons (Fsp3) is 0.750. The average Bonchev–Trinajstić information content (AvgIpc) is 3.07. The molecule has 1 amide bonds. The van der Waals surface area contributed by atoms with Crippen molar-refractivity contribution in [3.05, 3.63) is 17.5 Å². The van der Waals surface area contributed by atoms with E-state index in [1.54, 1.807) is 6.92 Å². The fourth-order valence-corrected chi connectivity index (χ4v) is 3.79. The van der Waals surface area contributed by atoms with Crippen LogP contribution < -0.4 is 0 Å². The number of aryl methyl sites for hydroxylation is 1. The van der Waals surface area contributed by atoms with E-state index in [4.69, 9.17) is 0 Å². The van der Waals surface area contributed by atoms with Gasteiger partial charge in [-0.1, -0.05) is 0 Å². The molecule has 0 spiro atoms. The van der Waals surface area contributed by atoms with Gasteiger partial charge in [-0.05, 0) is 38.3 Å². The summed E-state index contributed by atoms with van der Waals surface area (Å²) in [6, 6.07) is 0. The summed E-state index contributed by atoms with van der Waals surface area (Å²) in [5.74, 6) is 0.599. The number of piperidine rings is 1. The minimum Gasteiger partial charge on any atom is -0.388 e. The summed E-state index contributed by atoms with van der Waals surface area (Å²) in [6.07, 6.45) is 4.34. The number of hydrogen-bond donors (Lipinski definition) is 2. The Hall–Kier alpha value is -1.40. The number of likely N-dealkylation sites (tertiary alicyclic amines) is 2. The van der Waals surface area contributed by atoms with Gasteiger partial charge in [-0.25, -0.2) is 0 Å². The second-order valence-corrected chi connectivity index (χ2v) is 6.92. The number of aromatic amines is 1. The Morgan fingerprint density at radius 3 is 2.77 bits per heavy atom. The number of carbonyl (C=O) groups is 1. The third kappa shape index (κ3) is 3.17. The third-order valence-electron chi connectivity index (χ3n) is 5.21. The molecule has 2 saturated heterocycles. The van der Waals surface area contributed by atoms with Crippen LogP contribution in [0.2, 0.25) is 0 Å². The predicted molar refractivity (Wildman–Crippen MR) is 83.6 cm³/mol. The SMILES string of the molecule is CC(=O)N1CCC(O)(CN2CC[C@H](c3[nH]ncc3C)C2)CC1. The van der Waals surface area contributed by atoms with Crippen molar-refractivity contribution in [2.24, 2.45) is 0 Å². The molecule has 0 aliphatic carbocycles. The highest BCUT2D eigenvalue weighted by atomic mass is 16.3. The van der Waals surface area contributed by atoms with E-state index in [9.17, 15) is 9.90 Å². The van der Waals surface area contributed by atoms with Crippen molar-refractivity contribution in [2.45, 2.75) is 44.6 Å². The minimum absolute atomic E-state index is 0.109. The lowest BCUT2D eigenvalue weighted by molar-refractivity contribution is -0.133. The Bertz CT molecular complexity index is 534. The van der Waals surface area contributed by atoms with Gasteiger partial charge in [-0.15, -0.1) is 0 Å². The van der Waals surface area contributed by atoms with Crippen LogP contribution in [-0.2, 0) is 4.79 Å². The summed E-state index contributed by atoms with van der Waals surface area (Å²) >= 11 is 0. The van der Waals surface area contributed by atoms with Gasteiger partial charge in [0.1, 0.15) is 0 Å². The molecule has 2 N–H and O–H groups in total. The molecule has 0 aromatic carbocycles. The van der Waals surface area contributed by atoms with Crippen LogP contribution >= 0.6 is 0 Å². The Balaban J connectivity index is 1.54. The minimum atomic E-state index is -0.649. The number of carbonyl (C=O) groups excluding carboxylic acids is 1. The molecule has 3 heterocycles. The van der Waals surface area contributed by atoms with E-state index in [1.807, 2.05) is 11.1 Å². The molecule has 0 radical (unpaired) electrons. The van der Waals surface area contributed by atoms with Crippen LogP contribution in [-0.4, -0.2) is 69.3 Å². The second-order valence-electron chi connectivity index (χ2n) is 6.92. The molecule has 6 nitrogen and oxygen atoms in total. The molecule has 2 aliphatic rings. The average molecular weight is 306 g/mol. The van der Waals surface area contributed by atoms with Crippen LogP contribution in [0.3, 0.4) is 0 Å². The van der Waals surface area contributed by atoms with E-state index in [1.165, 1.54) is 11.3 Å². The van der Waals surface area contributed by atoms with Gasteiger partial charge in [0.05, 0.1) is 11.8 Å². The molecule has 2 aliphatic heterocycles. The number of nitrogens with one attached hydrogen (secondary N) is 1. The van der Waals surface area contributed by atoms with E-state index in [0.29, 0.717) is 38.4 Å². The van der Waals surface area contributed by atoms with Gasteiger partial charge >= 0.3 is 0 Å². The summed E-state index contributed by atoms with van der Waals surface area (Å²) in [4.78, 5) is 15.6. The standard InChI is InChI=1S/C16H26N4O2/c1-12-9-17-18-15(12)14-3-6-19(10-14)11-16(22)4-7-20(8-5-16)13(2)21/h9,14,22H,3-8,10-11H2,1-2H3,(H,17,18)/t14-/m0/s1. The lowest BCUT2D eigenvalue weighted by Gasteiger charge is -2.40. The number of hydrogen-bond acceptors (Lipinski definition) is 4. The second kappa shape index (κ2) is 6.01. The van der Waals surface area contributed by atoms with Crippen molar-refractivity contribution in [1.29, 1.82) is 0 Å². The van der Waals surface area contributed by atoms with E-state index in [-0.39, 0.29) is 5.91 Å². The maximum atomic E-state index is 11.4. The molecule has 1 aromatic rings. The molecule has 122 valence electrons. The summed E-state index contributed by atoms with van der Waals surface area (Å²) < 4.78 is 0. The molecular weight excluding hydrogens is 280 g/mol. The van der Waals surface area contributed by atoms with Crippen molar-refractivity contribution < 1.29 is 9.90 Å². The summed E-state index contributed by atoms with van der Waals surface area (Å²) in [7, 11) is 0. The first-order valence-electron chi connectivity index (χ1n) is 8.17. The van der Waals surface area contributed by atoms with Gasteiger partial charge in [0.2, 0.25) is 5.91 Å². The first kappa shape index (κ1) is 15.5. The number of β-amino-alcohol motifs (C(OH)–C–C–N with tert-alkyl or cyclic N) is 1. The van der Waals surface area contributed by atoms with Crippen molar-refractivity contribution in [3.8, 4) is 0 Å². The Kier molecular flexibility index (Phi) is 4.23. The highest BCUT2D eigenvalue weighted by Gasteiger charge is 2.37. The zero-order valence-electron chi connectivity index (χ0n) is 13.5. The van der Waals surface area contributed by atoms with Crippen LogP contribution in [0.1, 0.15) is 43.4 Å². The zero-order chi connectivity index (χ0) is 15.7. The maximum absolute atomic E-state index is 11.4. The van der Waals surface area contributed by atoms with E-state index < -0.39 is 5.60 Å². The van der Waals surface area contributed by atoms with Gasteiger partial charge in [-0.3, -0.25) is 14.8 Å². The Morgan fingerprint density at radius 1 is 1.45 bits per heavy atom. The molecule has 0 saturated carbocycles. The van der Waals surface area contributed by atoms with Crippen molar-refractivity contribution in [2.75, 3.05) is 32.7 Å². The van der Waals surface area contributed by atoms with E-state index in [0.717, 1.165) is 19.5 Å². The van der Waals surface area contributed by atoms with Crippen molar-refractivity contribution >= 4 is 5.91 Å². The lowest BCUT2D eigenvalue weighted by Crippen LogP contribution is -2.51. The van der Waals surface area contributed by atoms with Gasteiger partial charge in [-0.2, -0.15) is 5.10 Å².